The minimum absolute atomic E-state index is 0.0273. The van der Waals surface area contributed by atoms with Gasteiger partial charge in [-0.25, -0.2) is 9.67 Å². The number of halogens is 3. The molecule has 5 nitrogen and oxygen atoms in total. The first kappa shape index (κ1) is 22.2. The molecule has 1 aliphatic carbocycles. The molecule has 6 rings (SSSR count). The molecular weight excluding hydrogens is 465 g/mol. The fourth-order valence-electron chi connectivity index (χ4n) is 4.65. The summed E-state index contributed by atoms with van der Waals surface area (Å²) in [5.41, 5.74) is 1.45. The highest BCUT2D eigenvalue weighted by Gasteiger charge is 2.39. The van der Waals surface area contributed by atoms with Crippen LogP contribution in [-0.2, 0) is 6.18 Å². The van der Waals surface area contributed by atoms with Crippen LogP contribution in [0.25, 0.3) is 17.1 Å². The highest BCUT2D eigenvalue weighted by Crippen LogP contribution is 2.49. The van der Waals surface area contributed by atoms with E-state index in [0.29, 0.717) is 46.4 Å². The van der Waals surface area contributed by atoms with Gasteiger partial charge in [0.15, 0.2) is 11.6 Å². The van der Waals surface area contributed by atoms with Gasteiger partial charge in [0.25, 0.3) is 0 Å². The van der Waals surface area contributed by atoms with Crippen LogP contribution < -0.4 is 9.64 Å². The molecule has 0 saturated carbocycles. The Bertz CT molecular complexity index is 1500. The molecule has 0 N–H and O–H groups in total. The van der Waals surface area contributed by atoms with Gasteiger partial charge in [-0.2, -0.15) is 18.3 Å². The Morgan fingerprint density at radius 1 is 0.944 bits per heavy atom. The first-order valence-electron chi connectivity index (χ1n) is 11.6. The summed E-state index contributed by atoms with van der Waals surface area (Å²) in [6.45, 7) is 2.05. The summed E-state index contributed by atoms with van der Waals surface area (Å²) in [5, 5.41) is 4.24. The number of anilines is 2. The number of allylic oxidation sites excluding steroid dienone is 3. The van der Waals surface area contributed by atoms with E-state index in [9.17, 15) is 13.2 Å². The molecule has 0 radical (unpaired) electrons. The van der Waals surface area contributed by atoms with Gasteiger partial charge in [-0.1, -0.05) is 43.3 Å². The van der Waals surface area contributed by atoms with E-state index in [4.69, 9.17) is 4.74 Å². The van der Waals surface area contributed by atoms with Crippen molar-refractivity contribution in [3.05, 3.63) is 108 Å². The Balaban J connectivity index is 1.53. The molecule has 8 heteroatoms. The van der Waals surface area contributed by atoms with Crippen molar-refractivity contribution in [2.75, 3.05) is 4.90 Å². The van der Waals surface area contributed by atoms with E-state index in [0.717, 1.165) is 6.07 Å². The second-order valence-corrected chi connectivity index (χ2v) is 8.81. The summed E-state index contributed by atoms with van der Waals surface area (Å²) in [6.07, 6.45) is 1.18. The topological polar surface area (TPSA) is 43.2 Å². The maximum Gasteiger partial charge on any atom is 0.418 e. The maximum absolute atomic E-state index is 14.6. The summed E-state index contributed by atoms with van der Waals surface area (Å²) in [6, 6.07) is 20.6. The number of aromatic nitrogens is 3. The molecule has 4 aromatic rings. The third kappa shape index (κ3) is 3.75. The maximum atomic E-state index is 14.6. The van der Waals surface area contributed by atoms with Gasteiger partial charge in [0.2, 0.25) is 0 Å². The fraction of sp³-hybridized carbons (Fsp3) is 0.143. The monoisotopic (exact) mass is 486 g/mol. The largest absolute Gasteiger partial charge is 0.457 e. The van der Waals surface area contributed by atoms with Crippen molar-refractivity contribution in [1.29, 1.82) is 0 Å². The van der Waals surface area contributed by atoms with Gasteiger partial charge in [0.05, 0.1) is 28.3 Å². The standard InChI is InChI=1S/C28H21F3N4O/c1-18-11-13-24-26(15-18)36-25-10-6-5-9-23(25)34(24)22-14-12-19(16-21(22)28(29,30)31)27-32-17-33-35(27)20-7-3-2-4-8-20/h2-14,16-18H,15H2,1H3. The number of para-hydroxylation sites is 3. The van der Waals surface area contributed by atoms with Crippen molar-refractivity contribution < 1.29 is 17.9 Å². The number of alkyl halides is 3. The van der Waals surface area contributed by atoms with Crippen LogP contribution in [0.2, 0.25) is 0 Å². The quantitative estimate of drug-likeness (QED) is 0.305. The zero-order valence-corrected chi connectivity index (χ0v) is 19.3. The third-order valence-corrected chi connectivity index (χ3v) is 6.31. The Hall–Kier alpha value is -4.33. The number of rotatable bonds is 3. The summed E-state index contributed by atoms with van der Waals surface area (Å²) < 4.78 is 51.4. The lowest BCUT2D eigenvalue weighted by molar-refractivity contribution is -0.137. The number of ether oxygens (including phenoxy) is 1. The van der Waals surface area contributed by atoms with Gasteiger partial charge in [-0.3, -0.25) is 0 Å². The Labute approximate surface area is 205 Å². The highest BCUT2D eigenvalue weighted by molar-refractivity contribution is 5.81. The molecule has 1 atom stereocenters. The first-order chi connectivity index (χ1) is 17.4. The smallest absolute Gasteiger partial charge is 0.418 e. The molecule has 0 amide bonds. The van der Waals surface area contributed by atoms with E-state index in [1.54, 1.807) is 29.2 Å². The molecule has 2 heterocycles. The van der Waals surface area contributed by atoms with Crippen LogP contribution in [0.3, 0.4) is 0 Å². The van der Waals surface area contributed by atoms with Crippen molar-refractivity contribution >= 4 is 11.4 Å². The number of hydrogen-bond acceptors (Lipinski definition) is 4. The van der Waals surface area contributed by atoms with Crippen LogP contribution >= 0.6 is 0 Å². The molecule has 0 bridgehead atoms. The molecule has 1 unspecified atom stereocenters. The summed E-state index contributed by atoms with van der Waals surface area (Å²) >= 11 is 0. The van der Waals surface area contributed by atoms with Crippen LogP contribution in [0.1, 0.15) is 18.9 Å². The van der Waals surface area contributed by atoms with Crippen LogP contribution in [0.4, 0.5) is 24.5 Å². The van der Waals surface area contributed by atoms with E-state index >= 15 is 0 Å². The average molecular weight is 486 g/mol. The summed E-state index contributed by atoms with van der Waals surface area (Å²) in [7, 11) is 0. The summed E-state index contributed by atoms with van der Waals surface area (Å²) in [5.74, 6) is 1.74. The van der Waals surface area contributed by atoms with E-state index in [-0.39, 0.29) is 11.6 Å². The SMILES string of the molecule is CC1C=CC2=C(C1)Oc1ccccc1N2c1ccc(-c2ncnn2-c2ccccc2)cc1C(F)(F)F. The molecule has 2 aliphatic rings. The minimum atomic E-state index is -4.61. The first-order valence-corrected chi connectivity index (χ1v) is 11.6. The molecular formula is C28H21F3N4O. The van der Waals surface area contributed by atoms with Crippen molar-refractivity contribution in [2.45, 2.75) is 19.5 Å². The van der Waals surface area contributed by atoms with Gasteiger partial charge in [0, 0.05) is 12.0 Å². The second kappa shape index (κ2) is 8.41. The Morgan fingerprint density at radius 2 is 1.72 bits per heavy atom. The Morgan fingerprint density at radius 3 is 2.53 bits per heavy atom. The second-order valence-electron chi connectivity index (χ2n) is 8.81. The number of benzene rings is 3. The number of hydrogen-bond donors (Lipinski definition) is 0. The molecule has 3 aromatic carbocycles. The average Bonchev–Trinajstić information content (AvgIpc) is 3.37. The molecule has 180 valence electrons. The van der Waals surface area contributed by atoms with Crippen LogP contribution in [-0.4, -0.2) is 14.8 Å². The normalized spacial score (nSPS) is 17.0. The van der Waals surface area contributed by atoms with Crippen molar-refractivity contribution in [3.8, 4) is 22.8 Å². The summed E-state index contributed by atoms with van der Waals surface area (Å²) in [4.78, 5) is 5.91. The number of nitrogens with zero attached hydrogens (tertiary/aromatic N) is 4. The van der Waals surface area contributed by atoms with Gasteiger partial charge < -0.3 is 9.64 Å². The zero-order chi connectivity index (χ0) is 24.9. The molecule has 0 spiro atoms. The van der Waals surface area contributed by atoms with Gasteiger partial charge in [-0.05, 0) is 54.5 Å². The lowest BCUT2D eigenvalue weighted by atomic mass is 9.96. The predicted octanol–water partition coefficient (Wildman–Crippen LogP) is 7.29. The predicted molar refractivity (Wildman–Crippen MR) is 131 cm³/mol. The minimum Gasteiger partial charge on any atom is -0.457 e. The van der Waals surface area contributed by atoms with Gasteiger partial charge in [-0.15, -0.1) is 0 Å². The van der Waals surface area contributed by atoms with E-state index < -0.39 is 11.7 Å². The van der Waals surface area contributed by atoms with E-state index in [2.05, 4.69) is 10.1 Å². The van der Waals surface area contributed by atoms with Gasteiger partial charge >= 0.3 is 6.18 Å². The van der Waals surface area contributed by atoms with E-state index in [1.165, 1.54) is 17.1 Å². The Kier molecular flexibility index (Phi) is 5.17. The molecule has 36 heavy (non-hydrogen) atoms. The van der Waals surface area contributed by atoms with Gasteiger partial charge in [0.1, 0.15) is 12.1 Å². The van der Waals surface area contributed by atoms with Crippen LogP contribution in [0, 0.1) is 5.92 Å². The molecule has 0 saturated heterocycles. The number of fused-ring (bicyclic) bond motifs is 1. The van der Waals surface area contributed by atoms with Crippen LogP contribution in [0.15, 0.2) is 103 Å². The van der Waals surface area contributed by atoms with Crippen molar-refractivity contribution in [3.63, 3.8) is 0 Å². The fourth-order valence-corrected chi connectivity index (χ4v) is 4.65. The van der Waals surface area contributed by atoms with Crippen LogP contribution in [0.5, 0.6) is 5.75 Å². The van der Waals surface area contributed by atoms with Crippen molar-refractivity contribution in [2.24, 2.45) is 5.92 Å². The third-order valence-electron chi connectivity index (χ3n) is 6.31. The molecule has 0 fully saturated rings. The van der Waals surface area contributed by atoms with E-state index in [1.807, 2.05) is 55.5 Å². The zero-order valence-electron chi connectivity index (χ0n) is 19.3. The lowest BCUT2D eigenvalue weighted by Crippen LogP contribution is -2.28. The van der Waals surface area contributed by atoms with Crippen molar-refractivity contribution in [1.82, 2.24) is 14.8 Å². The lowest BCUT2D eigenvalue weighted by Gasteiger charge is -2.37. The molecule has 1 aromatic heterocycles. The molecule has 1 aliphatic heterocycles. The highest BCUT2D eigenvalue weighted by atomic mass is 19.4.